The summed E-state index contributed by atoms with van der Waals surface area (Å²) in [7, 11) is 1.94. The van der Waals surface area contributed by atoms with E-state index in [9.17, 15) is 19.5 Å². The number of carboxylic acid groups (broad SMARTS) is 1. The molecule has 2 amide bonds. The molecule has 2 fully saturated rings. The first kappa shape index (κ1) is 30.0. The topological polar surface area (TPSA) is 94.3 Å². The Morgan fingerprint density at radius 2 is 2.05 bits per heavy atom. The zero-order valence-electron chi connectivity index (χ0n) is 25.4. The Labute approximate surface area is 249 Å². The zero-order valence-corrected chi connectivity index (χ0v) is 25.4. The summed E-state index contributed by atoms with van der Waals surface area (Å²) < 4.78 is 7.63. The number of amides is 2. The summed E-state index contributed by atoms with van der Waals surface area (Å²) >= 11 is 0. The Bertz CT molecular complexity index is 1330. The molecule has 42 heavy (non-hydrogen) atoms. The molecule has 5 rings (SSSR count). The van der Waals surface area contributed by atoms with Crippen LogP contribution in [0.4, 0.5) is 5.69 Å². The van der Waals surface area contributed by atoms with Crippen LogP contribution in [-0.4, -0.2) is 78.1 Å². The molecule has 0 radical (unpaired) electrons. The SMILES string of the molecule is CCCCN(C(=O)CN1C[C@H](c2ccc3c(c2)CCO3)C(C(=O)O)[C@@H]1CCN1CCC(C)(C)C1=O)c1ccc[n+](C)c1. The summed E-state index contributed by atoms with van der Waals surface area (Å²) in [6.07, 6.45) is 7.83. The number of carbonyl (C=O) groups excluding carboxylic acids is 2. The maximum atomic E-state index is 14.0. The molecular formula is C33H45N4O5+. The van der Waals surface area contributed by atoms with Crippen LogP contribution in [0.3, 0.4) is 0 Å². The van der Waals surface area contributed by atoms with E-state index in [0.29, 0.717) is 39.2 Å². The molecule has 226 valence electrons. The molecule has 2 saturated heterocycles. The number of pyridine rings is 1. The van der Waals surface area contributed by atoms with Crippen LogP contribution in [0.25, 0.3) is 0 Å². The van der Waals surface area contributed by atoms with E-state index in [0.717, 1.165) is 48.2 Å². The van der Waals surface area contributed by atoms with E-state index in [2.05, 4.69) is 17.9 Å². The average Bonchev–Trinajstić information content (AvgIpc) is 3.63. The zero-order chi connectivity index (χ0) is 30.0. The third kappa shape index (κ3) is 6.16. The standard InChI is InChI=1S/C33H44N4O5/c1-5-6-15-37(25-8-7-14-34(4)20-25)29(38)22-36-21-26(23-9-10-28-24(19-23)12-18-42-28)30(31(39)40)27(36)11-16-35-17-13-33(2,3)32(35)41/h7-10,14,19-20,26-27,30H,5-6,11-13,15-18,21-22H2,1-4H3/p+1/t26-,27+,30?/m1/s1. The molecule has 1 unspecified atom stereocenters. The van der Waals surface area contributed by atoms with E-state index in [1.54, 1.807) is 0 Å². The van der Waals surface area contributed by atoms with Crippen molar-refractivity contribution in [3.63, 3.8) is 0 Å². The molecule has 1 aromatic carbocycles. The van der Waals surface area contributed by atoms with Gasteiger partial charge >= 0.3 is 5.97 Å². The van der Waals surface area contributed by atoms with Crippen molar-refractivity contribution < 1.29 is 28.8 Å². The van der Waals surface area contributed by atoms with Crippen molar-refractivity contribution in [2.45, 2.75) is 64.8 Å². The van der Waals surface area contributed by atoms with Gasteiger partial charge < -0.3 is 19.6 Å². The van der Waals surface area contributed by atoms with Gasteiger partial charge in [-0.3, -0.25) is 19.3 Å². The highest BCUT2D eigenvalue weighted by atomic mass is 16.5. The fourth-order valence-corrected chi connectivity index (χ4v) is 6.88. The third-order valence-corrected chi connectivity index (χ3v) is 9.35. The lowest BCUT2D eigenvalue weighted by molar-refractivity contribution is -0.670. The summed E-state index contributed by atoms with van der Waals surface area (Å²) in [5.41, 5.74) is 2.53. The first-order chi connectivity index (χ1) is 20.1. The van der Waals surface area contributed by atoms with E-state index in [1.807, 2.05) is 71.9 Å². The molecule has 3 aliphatic heterocycles. The van der Waals surface area contributed by atoms with Crippen LogP contribution in [0.15, 0.2) is 42.7 Å². The van der Waals surface area contributed by atoms with Crippen LogP contribution in [-0.2, 0) is 27.9 Å². The molecule has 0 bridgehead atoms. The van der Waals surface area contributed by atoms with E-state index in [1.165, 1.54) is 0 Å². The van der Waals surface area contributed by atoms with Gasteiger partial charge in [0.25, 0.3) is 0 Å². The van der Waals surface area contributed by atoms with E-state index < -0.39 is 17.3 Å². The van der Waals surface area contributed by atoms with Gasteiger partial charge in [0.1, 0.15) is 18.5 Å². The molecule has 0 spiro atoms. The average molecular weight is 578 g/mol. The lowest BCUT2D eigenvalue weighted by atomic mass is 9.83. The van der Waals surface area contributed by atoms with Crippen molar-refractivity contribution in [3.8, 4) is 5.75 Å². The summed E-state index contributed by atoms with van der Waals surface area (Å²) in [4.78, 5) is 45.7. The fraction of sp³-hybridized carbons (Fsp3) is 0.576. The van der Waals surface area contributed by atoms with Gasteiger partial charge in [-0.15, -0.1) is 0 Å². The van der Waals surface area contributed by atoms with Gasteiger partial charge in [-0.2, -0.15) is 0 Å². The summed E-state index contributed by atoms with van der Waals surface area (Å²) in [6.45, 7) is 9.05. The molecule has 4 heterocycles. The molecule has 0 aliphatic carbocycles. The number of carboxylic acids is 1. The normalized spacial score (nSPS) is 23.2. The number of benzene rings is 1. The highest BCUT2D eigenvalue weighted by molar-refractivity contribution is 5.94. The summed E-state index contributed by atoms with van der Waals surface area (Å²) in [5, 5.41) is 10.6. The smallest absolute Gasteiger partial charge is 0.308 e. The van der Waals surface area contributed by atoms with Crippen LogP contribution in [0.5, 0.6) is 5.75 Å². The Morgan fingerprint density at radius 3 is 2.74 bits per heavy atom. The van der Waals surface area contributed by atoms with Gasteiger partial charge in [0.2, 0.25) is 11.8 Å². The van der Waals surface area contributed by atoms with Crippen LogP contribution in [0.2, 0.25) is 0 Å². The largest absolute Gasteiger partial charge is 0.493 e. The maximum absolute atomic E-state index is 14.0. The number of nitrogens with zero attached hydrogens (tertiary/aromatic N) is 4. The minimum atomic E-state index is -0.859. The van der Waals surface area contributed by atoms with Crippen LogP contribution in [0.1, 0.15) is 63.5 Å². The highest BCUT2D eigenvalue weighted by Gasteiger charge is 2.48. The molecule has 2 aromatic rings. The first-order valence-electron chi connectivity index (χ1n) is 15.4. The van der Waals surface area contributed by atoms with Crippen LogP contribution in [0, 0.1) is 11.3 Å². The van der Waals surface area contributed by atoms with Crippen LogP contribution < -0.4 is 14.2 Å². The molecule has 9 nitrogen and oxygen atoms in total. The number of hydrogen-bond acceptors (Lipinski definition) is 5. The van der Waals surface area contributed by atoms with Crippen molar-refractivity contribution in [2.75, 3.05) is 44.2 Å². The van der Waals surface area contributed by atoms with Gasteiger partial charge in [0.15, 0.2) is 12.4 Å². The van der Waals surface area contributed by atoms with E-state index in [-0.39, 0.29) is 30.3 Å². The second-order valence-corrected chi connectivity index (χ2v) is 12.8. The van der Waals surface area contributed by atoms with Gasteiger partial charge in [-0.25, -0.2) is 4.57 Å². The Kier molecular flexibility index (Phi) is 8.87. The Balaban J connectivity index is 1.43. The number of carbonyl (C=O) groups is 3. The third-order valence-electron chi connectivity index (χ3n) is 9.35. The Hall–Kier alpha value is -3.46. The fourth-order valence-electron chi connectivity index (χ4n) is 6.88. The predicted molar refractivity (Wildman–Crippen MR) is 159 cm³/mol. The highest BCUT2D eigenvalue weighted by Crippen LogP contribution is 2.41. The van der Waals surface area contributed by atoms with E-state index in [4.69, 9.17) is 4.74 Å². The number of rotatable bonds is 11. The number of aryl methyl sites for hydroxylation is 1. The first-order valence-corrected chi connectivity index (χ1v) is 15.4. The van der Waals surface area contributed by atoms with Gasteiger partial charge in [-0.05, 0) is 42.5 Å². The van der Waals surface area contributed by atoms with Crippen molar-refractivity contribution in [1.29, 1.82) is 0 Å². The van der Waals surface area contributed by atoms with Crippen molar-refractivity contribution in [1.82, 2.24) is 9.80 Å². The molecular weight excluding hydrogens is 532 g/mol. The predicted octanol–water partition coefficient (Wildman–Crippen LogP) is 3.40. The number of hydrogen-bond donors (Lipinski definition) is 1. The molecule has 1 aromatic heterocycles. The summed E-state index contributed by atoms with van der Waals surface area (Å²) in [6, 6.07) is 9.53. The second kappa shape index (κ2) is 12.4. The molecule has 9 heteroatoms. The van der Waals surface area contributed by atoms with Gasteiger partial charge in [0.05, 0.1) is 19.1 Å². The second-order valence-electron chi connectivity index (χ2n) is 12.8. The van der Waals surface area contributed by atoms with Gasteiger partial charge in [0, 0.05) is 56.0 Å². The number of ether oxygens (including phenoxy) is 1. The van der Waals surface area contributed by atoms with Crippen molar-refractivity contribution in [3.05, 3.63) is 53.9 Å². The number of aliphatic carboxylic acids is 1. The quantitative estimate of drug-likeness (QED) is 0.412. The molecule has 3 aliphatic rings. The van der Waals surface area contributed by atoms with Crippen LogP contribution >= 0.6 is 0 Å². The maximum Gasteiger partial charge on any atom is 0.308 e. The number of unbranched alkanes of at least 4 members (excludes halogenated alkanes) is 1. The minimum Gasteiger partial charge on any atom is -0.493 e. The molecule has 1 N–H and O–H groups in total. The van der Waals surface area contributed by atoms with Crippen molar-refractivity contribution in [2.24, 2.45) is 18.4 Å². The number of fused-ring (bicyclic) bond motifs is 1. The summed E-state index contributed by atoms with van der Waals surface area (Å²) in [5.74, 6) is -0.872. The molecule has 0 saturated carbocycles. The van der Waals surface area contributed by atoms with E-state index >= 15 is 0 Å². The monoisotopic (exact) mass is 577 g/mol. The molecule has 3 atom stereocenters. The minimum absolute atomic E-state index is 0.0369. The van der Waals surface area contributed by atoms with Gasteiger partial charge in [-0.1, -0.05) is 39.3 Å². The lowest BCUT2D eigenvalue weighted by Gasteiger charge is -2.30. The number of anilines is 1. The Morgan fingerprint density at radius 1 is 1.24 bits per heavy atom. The van der Waals surface area contributed by atoms with Crippen molar-refractivity contribution >= 4 is 23.5 Å². The number of aromatic nitrogens is 1. The number of likely N-dealkylation sites (tertiary alicyclic amines) is 2. The lowest BCUT2D eigenvalue weighted by Crippen LogP contribution is -2.46.